The van der Waals surface area contributed by atoms with Gasteiger partial charge in [0.2, 0.25) is 5.89 Å². The second kappa shape index (κ2) is 5.54. The van der Waals surface area contributed by atoms with Crippen LogP contribution in [0.25, 0.3) is 0 Å². The molecule has 0 aliphatic carbocycles. The summed E-state index contributed by atoms with van der Waals surface area (Å²) < 4.78 is 16.6. The Morgan fingerprint density at radius 1 is 1.25 bits per heavy atom. The standard InChI is InChI=1S/C15H18N2O3/c1-10-8-17-15(20-10)11(2)16-9-12-3-4-13-14(7-12)19-6-5-18-13/h3-4,7-8,11,16H,5-6,9H2,1-2H3. The number of aromatic nitrogens is 1. The lowest BCUT2D eigenvalue weighted by Crippen LogP contribution is -2.19. The molecule has 0 fully saturated rings. The average molecular weight is 274 g/mol. The van der Waals surface area contributed by atoms with Gasteiger partial charge < -0.3 is 19.2 Å². The molecule has 1 unspecified atom stereocenters. The van der Waals surface area contributed by atoms with Gasteiger partial charge in [0.05, 0.1) is 12.2 Å². The van der Waals surface area contributed by atoms with Gasteiger partial charge in [-0.3, -0.25) is 0 Å². The molecule has 0 amide bonds. The van der Waals surface area contributed by atoms with Gasteiger partial charge in [0, 0.05) is 6.54 Å². The Bertz CT molecular complexity index is 595. The van der Waals surface area contributed by atoms with E-state index in [9.17, 15) is 0 Å². The van der Waals surface area contributed by atoms with Crippen LogP contribution in [0.2, 0.25) is 0 Å². The fourth-order valence-corrected chi connectivity index (χ4v) is 2.13. The zero-order chi connectivity index (χ0) is 13.9. The molecule has 20 heavy (non-hydrogen) atoms. The molecular formula is C15H18N2O3. The van der Waals surface area contributed by atoms with Gasteiger partial charge in [0.1, 0.15) is 19.0 Å². The van der Waals surface area contributed by atoms with E-state index in [1.807, 2.05) is 32.0 Å². The quantitative estimate of drug-likeness (QED) is 0.928. The summed E-state index contributed by atoms with van der Waals surface area (Å²) in [6, 6.07) is 6.06. The topological polar surface area (TPSA) is 56.5 Å². The fourth-order valence-electron chi connectivity index (χ4n) is 2.13. The molecule has 5 heteroatoms. The van der Waals surface area contributed by atoms with Crippen LogP contribution in [0.5, 0.6) is 11.5 Å². The molecule has 1 atom stereocenters. The van der Waals surface area contributed by atoms with Crippen LogP contribution in [0.4, 0.5) is 0 Å². The molecule has 106 valence electrons. The van der Waals surface area contributed by atoms with Gasteiger partial charge in [0.25, 0.3) is 0 Å². The van der Waals surface area contributed by atoms with E-state index in [1.54, 1.807) is 6.20 Å². The summed E-state index contributed by atoms with van der Waals surface area (Å²) in [5, 5.41) is 3.38. The first kappa shape index (κ1) is 13.0. The maximum absolute atomic E-state index is 5.58. The molecule has 1 aliphatic heterocycles. The Balaban J connectivity index is 1.63. The predicted molar refractivity (Wildman–Crippen MR) is 73.9 cm³/mol. The van der Waals surface area contributed by atoms with Crippen molar-refractivity contribution in [3.8, 4) is 11.5 Å². The van der Waals surface area contributed by atoms with E-state index < -0.39 is 0 Å². The van der Waals surface area contributed by atoms with Crippen LogP contribution < -0.4 is 14.8 Å². The minimum atomic E-state index is 0.0666. The smallest absolute Gasteiger partial charge is 0.211 e. The van der Waals surface area contributed by atoms with Crippen LogP contribution in [0.3, 0.4) is 0 Å². The monoisotopic (exact) mass is 274 g/mol. The molecule has 0 saturated heterocycles. The molecule has 0 saturated carbocycles. The van der Waals surface area contributed by atoms with E-state index in [4.69, 9.17) is 13.9 Å². The lowest BCUT2D eigenvalue weighted by Gasteiger charge is -2.19. The lowest BCUT2D eigenvalue weighted by atomic mass is 10.2. The number of aryl methyl sites for hydroxylation is 1. The predicted octanol–water partition coefficient (Wildman–Crippen LogP) is 2.61. The number of fused-ring (bicyclic) bond motifs is 1. The van der Waals surface area contributed by atoms with Crippen molar-refractivity contribution in [2.75, 3.05) is 13.2 Å². The Kier molecular flexibility index (Phi) is 3.60. The van der Waals surface area contributed by atoms with Gasteiger partial charge in [-0.1, -0.05) is 6.07 Å². The minimum absolute atomic E-state index is 0.0666. The molecule has 5 nitrogen and oxygen atoms in total. The van der Waals surface area contributed by atoms with Crippen LogP contribution in [-0.2, 0) is 6.54 Å². The minimum Gasteiger partial charge on any atom is -0.486 e. The summed E-state index contributed by atoms with van der Waals surface area (Å²) in [6.07, 6.45) is 1.73. The number of hydrogen-bond donors (Lipinski definition) is 1. The number of nitrogens with one attached hydrogen (secondary N) is 1. The van der Waals surface area contributed by atoms with E-state index in [-0.39, 0.29) is 6.04 Å². The first-order valence-electron chi connectivity index (χ1n) is 6.76. The highest BCUT2D eigenvalue weighted by atomic mass is 16.6. The summed E-state index contributed by atoms with van der Waals surface area (Å²) in [4.78, 5) is 4.22. The van der Waals surface area contributed by atoms with Crippen molar-refractivity contribution in [3.63, 3.8) is 0 Å². The van der Waals surface area contributed by atoms with Gasteiger partial charge in [-0.2, -0.15) is 0 Å². The van der Waals surface area contributed by atoms with Gasteiger partial charge in [-0.25, -0.2) is 4.98 Å². The van der Waals surface area contributed by atoms with Crippen LogP contribution in [0, 0.1) is 6.92 Å². The van der Waals surface area contributed by atoms with Crippen molar-refractivity contribution in [2.45, 2.75) is 26.4 Å². The van der Waals surface area contributed by atoms with E-state index in [2.05, 4.69) is 10.3 Å². The summed E-state index contributed by atoms with van der Waals surface area (Å²) >= 11 is 0. The largest absolute Gasteiger partial charge is 0.486 e. The third kappa shape index (κ3) is 2.77. The molecular weight excluding hydrogens is 256 g/mol. The van der Waals surface area contributed by atoms with Crippen LogP contribution in [-0.4, -0.2) is 18.2 Å². The number of rotatable bonds is 4. The van der Waals surface area contributed by atoms with Gasteiger partial charge in [-0.15, -0.1) is 0 Å². The number of ether oxygens (including phenoxy) is 2. The number of nitrogens with zero attached hydrogens (tertiary/aromatic N) is 1. The zero-order valence-electron chi connectivity index (χ0n) is 11.7. The van der Waals surface area contributed by atoms with Crippen molar-refractivity contribution in [2.24, 2.45) is 0 Å². The lowest BCUT2D eigenvalue weighted by molar-refractivity contribution is 0.171. The van der Waals surface area contributed by atoms with Crippen molar-refractivity contribution >= 4 is 0 Å². The van der Waals surface area contributed by atoms with Crippen LogP contribution in [0.1, 0.15) is 30.2 Å². The third-order valence-corrected chi connectivity index (χ3v) is 3.23. The highest BCUT2D eigenvalue weighted by molar-refractivity contribution is 5.43. The normalized spacial score (nSPS) is 15.1. The molecule has 3 rings (SSSR count). The van der Waals surface area contributed by atoms with E-state index in [1.165, 1.54) is 0 Å². The number of benzene rings is 1. The molecule has 1 aromatic heterocycles. The molecule has 1 aliphatic rings. The molecule has 0 radical (unpaired) electrons. The van der Waals surface area contributed by atoms with Crippen molar-refractivity contribution in [1.29, 1.82) is 0 Å². The summed E-state index contributed by atoms with van der Waals surface area (Å²) in [5.74, 6) is 3.17. The molecule has 1 aromatic carbocycles. The van der Waals surface area contributed by atoms with Gasteiger partial charge in [-0.05, 0) is 31.5 Å². The second-order valence-electron chi connectivity index (χ2n) is 4.89. The number of oxazole rings is 1. The number of hydrogen-bond acceptors (Lipinski definition) is 5. The Morgan fingerprint density at radius 3 is 2.80 bits per heavy atom. The highest BCUT2D eigenvalue weighted by Crippen LogP contribution is 2.30. The SMILES string of the molecule is Cc1cnc(C(C)NCc2ccc3c(c2)OCCO3)o1. The Morgan fingerprint density at radius 2 is 2.05 bits per heavy atom. The van der Waals surface area contributed by atoms with Crippen molar-refractivity contribution in [1.82, 2.24) is 10.3 Å². The highest BCUT2D eigenvalue weighted by Gasteiger charge is 2.13. The van der Waals surface area contributed by atoms with E-state index in [0.29, 0.717) is 19.1 Å². The summed E-state index contributed by atoms with van der Waals surface area (Å²) in [5.41, 5.74) is 1.14. The van der Waals surface area contributed by atoms with Crippen LogP contribution >= 0.6 is 0 Å². The molecule has 1 N–H and O–H groups in total. The first-order valence-corrected chi connectivity index (χ1v) is 6.76. The maximum Gasteiger partial charge on any atom is 0.211 e. The fraction of sp³-hybridized carbons (Fsp3) is 0.400. The average Bonchev–Trinajstić information content (AvgIpc) is 2.91. The Labute approximate surface area is 117 Å². The molecule has 0 spiro atoms. The zero-order valence-corrected chi connectivity index (χ0v) is 11.7. The van der Waals surface area contributed by atoms with Gasteiger partial charge >= 0.3 is 0 Å². The molecule has 2 heterocycles. The molecule has 0 bridgehead atoms. The molecule has 2 aromatic rings. The third-order valence-electron chi connectivity index (χ3n) is 3.23. The Hall–Kier alpha value is -2.01. The van der Waals surface area contributed by atoms with E-state index in [0.717, 1.165) is 29.4 Å². The van der Waals surface area contributed by atoms with E-state index >= 15 is 0 Å². The maximum atomic E-state index is 5.58. The van der Waals surface area contributed by atoms with Crippen molar-refractivity contribution in [3.05, 3.63) is 41.6 Å². The van der Waals surface area contributed by atoms with Crippen molar-refractivity contribution < 1.29 is 13.9 Å². The van der Waals surface area contributed by atoms with Gasteiger partial charge in [0.15, 0.2) is 11.5 Å². The first-order chi connectivity index (χ1) is 9.72. The summed E-state index contributed by atoms with van der Waals surface area (Å²) in [6.45, 7) is 5.87. The van der Waals surface area contributed by atoms with Crippen LogP contribution in [0.15, 0.2) is 28.8 Å². The second-order valence-corrected chi connectivity index (χ2v) is 4.89. The summed E-state index contributed by atoms with van der Waals surface area (Å²) in [7, 11) is 0.